The second kappa shape index (κ2) is 5.16. The van der Waals surface area contributed by atoms with Crippen LogP contribution in [0.3, 0.4) is 0 Å². The molecule has 3 N–H and O–H groups in total. The Kier molecular flexibility index (Phi) is 3.78. The van der Waals surface area contributed by atoms with E-state index in [9.17, 15) is 14.7 Å². The average Bonchev–Trinajstić information content (AvgIpc) is 2.28. The minimum absolute atomic E-state index is 0.217. The second-order valence-corrected chi connectivity index (χ2v) is 5.82. The highest BCUT2D eigenvalue weighted by molar-refractivity contribution is 5.86. The summed E-state index contributed by atoms with van der Waals surface area (Å²) in [6.07, 6.45) is 5.85. The van der Waals surface area contributed by atoms with Gasteiger partial charge in [0.2, 0.25) is 0 Å². The van der Waals surface area contributed by atoms with Gasteiger partial charge in [-0.1, -0.05) is 26.2 Å². The van der Waals surface area contributed by atoms with E-state index in [4.69, 9.17) is 0 Å². The van der Waals surface area contributed by atoms with E-state index in [1.54, 1.807) is 0 Å². The van der Waals surface area contributed by atoms with Crippen molar-refractivity contribution in [2.75, 3.05) is 0 Å². The highest BCUT2D eigenvalue weighted by atomic mass is 16.4. The predicted octanol–water partition coefficient (Wildman–Crippen LogP) is 1.87. The van der Waals surface area contributed by atoms with Gasteiger partial charge in [0.1, 0.15) is 5.54 Å². The summed E-state index contributed by atoms with van der Waals surface area (Å²) in [5.41, 5.74) is -1.04. The first-order chi connectivity index (χ1) is 8.52. The fraction of sp³-hybridized carbons (Fsp3) is 0.846. The summed E-state index contributed by atoms with van der Waals surface area (Å²) in [4.78, 5) is 23.2. The van der Waals surface area contributed by atoms with Gasteiger partial charge < -0.3 is 15.7 Å². The smallest absolute Gasteiger partial charge is 0.329 e. The molecule has 5 nitrogen and oxygen atoms in total. The molecule has 0 bridgehead atoms. The standard InChI is InChI=1S/C13H22N2O3/c1-9-7-10(8-9)14-12(18)15-13(11(16)17)5-3-2-4-6-13/h9-10H,2-8H2,1H3,(H,16,17)(H2,14,15,18). The van der Waals surface area contributed by atoms with Gasteiger partial charge in [0.15, 0.2) is 0 Å². The van der Waals surface area contributed by atoms with E-state index >= 15 is 0 Å². The topological polar surface area (TPSA) is 78.4 Å². The molecule has 0 unspecified atom stereocenters. The van der Waals surface area contributed by atoms with Crippen LogP contribution in [-0.4, -0.2) is 28.7 Å². The number of urea groups is 1. The van der Waals surface area contributed by atoms with Crippen molar-refractivity contribution in [2.24, 2.45) is 5.92 Å². The van der Waals surface area contributed by atoms with Crippen molar-refractivity contribution >= 4 is 12.0 Å². The van der Waals surface area contributed by atoms with Gasteiger partial charge in [-0.15, -0.1) is 0 Å². The monoisotopic (exact) mass is 254 g/mol. The Morgan fingerprint density at radius 3 is 2.28 bits per heavy atom. The number of carbonyl (C=O) groups excluding carboxylic acids is 1. The molecule has 0 atom stereocenters. The normalized spacial score (nSPS) is 30.1. The molecule has 18 heavy (non-hydrogen) atoms. The Morgan fingerprint density at radius 2 is 1.78 bits per heavy atom. The Labute approximate surface area is 107 Å². The van der Waals surface area contributed by atoms with E-state index in [1.165, 1.54) is 0 Å². The van der Waals surface area contributed by atoms with Crippen molar-refractivity contribution in [1.82, 2.24) is 10.6 Å². The van der Waals surface area contributed by atoms with Gasteiger partial charge in [0, 0.05) is 6.04 Å². The van der Waals surface area contributed by atoms with Crippen molar-refractivity contribution in [1.29, 1.82) is 0 Å². The number of rotatable bonds is 3. The molecule has 0 spiro atoms. The number of carbonyl (C=O) groups is 2. The Bertz CT molecular complexity index is 331. The minimum Gasteiger partial charge on any atom is -0.480 e. The van der Waals surface area contributed by atoms with Gasteiger partial charge in [-0.3, -0.25) is 0 Å². The molecule has 2 fully saturated rings. The van der Waals surface area contributed by atoms with Crippen LogP contribution in [0.2, 0.25) is 0 Å². The molecule has 102 valence electrons. The van der Waals surface area contributed by atoms with Crippen molar-refractivity contribution in [3.05, 3.63) is 0 Å². The van der Waals surface area contributed by atoms with Gasteiger partial charge in [0.25, 0.3) is 0 Å². The summed E-state index contributed by atoms with van der Waals surface area (Å²) in [7, 11) is 0. The number of nitrogens with one attached hydrogen (secondary N) is 2. The van der Waals surface area contributed by atoms with Crippen LogP contribution in [0.4, 0.5) is 4.79 Å². The van der Waals surface area contributed by atoms with Gasteiger partial charge in [-0.05, 0) is 31.6 Å². The largest absolute Gasteiger partial charge is 0.480 e. The third-order valence-electron chi connectivity index (χ3n) is 4.18. The van der Waals surface area contributed by atoms with Crippen LogP contribution >= 0.6 is 0 Å². The van der Waals surface area contributed by atoms with Crippen LogP contribution in [-0.2, 0) is 4.79 Å². The zero-order valence-electron chi connectivity index (χ0n) is 10.9. The second-order valence-electron chi connectivity index (χ2n) is 5.82. The molecule has 2 aliphatic carbocycles. The van der Waals surface area contributed by atoms with Crippen LogP contribution in [0, 0.1) is 5.92 Å². The third kappa shape index (κ3) is 2.76. The number of amides is 2. The summed E-state index contributed by atoms with van der Waals surface area (Å²) in [6, 6.07) is -0.106. The highest BCUT2D eigenvalue weighted by Crippen LogP contribution is 2.29. The molecule has 2 aliphatic rings. The van der Waals surface area contributed by atoms with Crippen LogP contribution in [0.5, 0.6) is 0 Å². The van der Waals surface area contributed by atoms with Crippen LogP contribution in [0.15, 0.2) is 0 Å². The highest BCUT2D eigenvalue weighted by Gasteiger charge is 2.41. The Balaban J connectivity index is 1.88. The van der Waals surface area contributed by atoms with Crippen LogP contribution < -0.4 is 10.6 Å². The zero-order valence-corrected chi connectivity index (χ0v) is 10.9. The average molecular weight is 254 g/mol. The molecule has 0 aromatic carbocycles. The molecule has 2 amide bonds. The molecular weight excluding hydrogens is 232 g/mol. The Hall–Kier alpha value is -1.26. The first kappa shape index (κ1) is 13.2. The van der Waals surface area contributed by atoms with Crippen molar-refractivity contribution in [3.8, 4) is 0 Å². The maximum atomic E-state index is 11.8. The minimum atomic E-state index is -1.04. The number of aliphatic carboxylic acids is 1. The number of carboxylic acids is 1. The summed E-state index contributed by atoms with van der Waals surface area (Å²) < 4.78 is 0. The lowest BCUT2D eigenvalue weighted by Gasteiger charge is -2.37. The molecule has 0 aromatic heterocycles. The fourth-order valence-corrected chi connectivity index (χ4v) is 3.01. The SMILES string of the molecule is CC1CC(NC(=O)NC2(C(=O)O)CCCCC2)C1. The lowest BCUT2D eigenvalue weighted by molar-refractivity contribution is -0.145. The van der Waals surface area contributed by atoms with Gasteiger partial charge in [-0.25, -0.2) is 9.59 Å². The summed E-state index contributed by atoms with van der Waals surface area (Å²) in [6.45, 7) is 2.15. The summed E-state index contributed by atoms with van der Waals surface area (Å²) >= 11 is 0. The molecule has 0 radical (unpaired) electrons. The fourth-order valence-electron chi connectivity index (χ4n) is 3.01. The number of hydrogen-bond donors (Lipinski definition) is 3. The van der Waals surface area contributed by atoms with Gasteiger partial charge >= 0.3 is 12.0 Å². The third-order valence-corrected chi connectivity index (χ3v) is 4.18. The molecule has 5 heteroatoms. The molecule has 2 rings (SSSR count). The van der Waals surface area contributed by atoms with Crippen LogP contribution in [0.25, 0.3) is 0 Å². The maximum Gasteiger partial charge on any atom is 0.329 e. The number of hydrogen-bond acceptors (Lipinski definition) is 2. The quantitative estimate of drug-likeness (QED) is 0.719. The van der Waals surface area contributed by atoms with E-state index in [0.29, 0.717) is 18.8 Å². The molecule has 0 saturated heterocycles. The van der Waals surface area contributed by atoms with E-state index < -0.39 is 11.5 Å². The first-order valence-electron chi connectivity index (χ1n) is 6.84. The lowest BCUT2D eigenvalue weighted by Crippen LogP contribution is -2.60. The van der Waals surface area contributed by atoms with Gasteiger partial charge in [-0.2, -0.15) is 0 Å². The van der Waals surface area contributed by atoms with Crippen LogP contribution in [0.1, 0.15) is 51.9 Å². The van der Waals surface area contributed by atoms with E-state index in [0.717, 1.165) is 32.1 Å². The zero-order chi connectivity index (χ0) is 13.2. The van der Waals surface area contributed by atoms with Crippen molar-refractivity contribution < 1.29 is 14.7 Å². The first-order valence-corrected chi connectivity index (χ1v) is 6.84. The summed E-state index contributed by atoms with van der Waals surface area (Å²) in [5, 5.41) is 14.9. The van der Waals surface area contributed by atoms with E-state index in [-0.39, 0.29) is 12.1 Å². The molecule has 0 heterocycles. The van der Waals surface area contributed by atoms with Crippen molar-refractivity contribution in [3.63, 3.8) is 0 Å². The molecule has 0 aromatic rings. The van der Waals surface area contributed by atoms with Crippen molar-refractivity contribution in [2.45, 2.75) is 63.5 Å². The van der Waals surface area contributed by atoms with E-state index in [2.05, 4.69) is 17.6 Å². The summed E-state index contributed by atoms with van der Waals surface area (Å²) in [5.74, 6) is -0.238. The maximum absolute atomic E-state index is 11.8. The molecule has 2 saturated carbocycles. The molecular formula is C13H22N2O3. The lowest BCUT2D eigenvalue weighted by atomic mass is 9.81. The molecule has 0 aliphatic heterocycles. The predicted molar refractivity (Wildman–Crippen MR) is 67.3 cm³/mol. The van der Waals surface area contributed by atoms with E-state index in [1.807, 2.05) is 0 Å². The van der Waals surface area contributed by atoms with Gasteiger partial charge in [0.05, 0.1) is 0 Å². The Morgan fingerprint density at radius 1 is 1.17 bits per heavy atom. The number of carboxylic acid groups (broad SMARTS) is 1.